The minimum atomic E-state index is -0.520. The summed E-state index contributed by atoms with van der Waals surface area (Å²) in [6.07, 6.45) is 9.93. The van der Waals surface area contributed by atoms with Gasteiger partial charge in [0.2, 0.25) is 5.91 Å². The van der Waals surface area contributed by atoms with Crippen LogP contribution in [0.25, 0.3) is 10.9 Å². The van der Waals surface area contributed by atoms with Gasteiger partial charge in [-0.3, -0.25) is 9.48 Å². The molecule has 1 amide bonds. The zero-order valence-electron chi connectivity index (χ0n) is 16.8. The lowest BCUT2D eigenvalue weighted by Gasteiger charge is -2.34. The van der Waals surface area contributed by atoms with Gasteiger partial charge in [0.15, 0.2) is 0 Å². The summed E-state index contributed by atoms with van der Waals surface area (Å²) in [5.41, 5.74) is 8.37. The number of aromatic nitrogens is 2. The molecule has 4 rings (SSSR count). The molecule has 0 bridgehead atoms. The van der Waals surface area contributed by atoms with Crippen molar-refractivity contribution in [2.45, 2.75) is 82.6 Å². The zero-order chi connectivity index (χ0) is 19.7. The molecule has 2 aromatic rings. The van der Waals surface area contributed by atoms with Gasteiger partial charge in [-0.1, -0.05) is 38.3 Å². The second-order valence-corrected chi connectivity index (χ2v) is 8.64. The molecule has 1 aromatic heterocycles. The highest BCUT2D eigenvalue weighted by Crippen LogP contribution is 2.42. The number of primary amides is 1. The van der Waals surface area contributed by atoms with E-state index in [2.05, 4.69) is 35.9 Å². The third-order valence-corrected chi connectivity index (χ3v) is 7.05. The molecule has 28 heavy (non-hydrogen) atoms. The molecular formula is C23H30N4O. The van der Waals surface area contributed by atoms with Crippen LogP contribution in [0.15, 0.2) is 18.2 Å². The lowest BCUT2D eigenvalue weighted by atomic mass is 9.67. The number of rotatable bonds is 4. The van der Waals surface area contributed by atoms with Crippen molar-refractivity contribution >= 4 is 16.8 Å². The summed E-state index contributed by atoms with van der Waals surface area (Å²) in [6.45, 7) is 2.16. The van der Waals surface area contributed by atoms with Crippen LogP contribution < -0.4 is 5.73 Å². The minimum absolute atomic E-state index is 0.0929. The van der Waals surface area contributed by atoms with E-state index in [1.54, 1.807) is 0 Å². The van der Waals surface area contributed by atoms with Gasteiger partial charge < -0.3 is 5.73 Å². The summed E-state index contributed by atoms with van der Waals surface area (Å²) in [5.74, 6) is -0.324. The summed E-state index contributed by atoms with van der Waals surface area (Å²) >= 11 is 0. The smallest absolute Gasteiger partial charge is 0.220 e. The van der Waals surface area contributed by atoms with Crippen LogP contribution in [0.4, 0.5) is 0 Å². The van der Waals surface area contributed by atoms with Crippen molar-refractivity contribution < 1.29 is 4.79 Å². The Morgan fingerprint density at radius 1 is 1.25 bits per heavy atom. The molecule has 148 valence electrons. The van der Waals surface area contributed by atoms with E-state index in [0.717, 1.165) is 17.7 Å². The van der Waals surface area contributed by atoms with Crippen LogP contribution >= 0.6 is 0 Å². The van der Waals surface area contributed by atoms with Crippen LogP contribution in [0.3, 0.4) is 0 Å². The first-order valence-electron chi connectivity index (χ1n) is 10.8. The topological polar surface area (TPSA) is 84.7 Å². The Labute approximate surface area is 166 Å². The number of hydrogen-bond acceptors (Lipinski definition) is 3. The van der Waals surface area contributed by atoms with E-state index in [0.29, 0.717) is 31.7 Å². The normalized spacial score (nSPS) is 26.2. The summed E-state index contributed by atoms with van der Waals surface area (Å²) in [4.78, 5) is 11.5. The first kappa shape index (κ1) is 19.0. The lowest BCUT2D eigenvalue weighted by molar-refractivity contribution is -0.122. The van der Waals surface area contributed by atoms with Crippen molar-refractivity contribution in [3.05, 3.63) is 29.5 Å². The maximum atomic E-state index is 11.5. The Morgan fingerprint density at radius 2 is 1.96 bits per heavy atom. The second kappa shape index (κ2) is 7.58. The highest BCUT2D eigenvalue weighted by molar-refractivity contribution is 5.83. The number of carbonyl (C=O) groups excluding carboxylic acids is 1. The van der Waals surface area contributed by atoms with E-state index in [1.165, 1.54) is 43.0 Å². The number of aryl methyl sites for hydroxylation is 1. The summed E-state index contributed by atoms with van der Waals surface area (Å²) in [6, 6.07) is 9.55. The number of nitriles is 1. The predicted octanol–water partition coefficient (Wildman–Crippen LogP) is 4.54. The van der Waals surface area contributed by atoms with Gasteiger partial charge in [-0.25, -0.2) is 0 Å². The van der Waals surface area contributed by atoms with Gasteiger partial charge >= 0.3 is 0 Å². The van der Waals surface area contributed by atoms with Crippen LogP contribution in [0.1, 0.15) is 82.0 Å². The third-order valence-electron chi connectivity index (χ3n) is 7.05. The fraction of sp³-hybridized carbons (Fsp3) is 0.609. The van der Waals surface area contributed by atoms with Gasteiger partial charge in [0.1, 0.15) is 0 Å². The highest BCUT2D eigenvalue weighted by Gasteiger charge is 2.39. The molecule has 2 saturated carbocycles. The van der Waals surface area contributed by atoms with E-state index >= 15 is 0 Å². The van der Waals surface area contributed by atoms with Gasteiger partial charge in [0.05, 0.1) is 28.7 Å². The summed E-state index contributed by atoms with van der Waals surface area (Å²) in [5, 5.41) is 16.3. The lowest BCUT2D eigenvalue weighted by Crippen LogP contribution is -2.35. The average Bonchev–Trinajstić information content (AvgIpc) is 3.12. The van der Waals surface area contributed by atoms with Gasteiger partial charge in [0, 0.05) is 11.3 Å². The van der Waals surface area contributed by atoms with Crippen molar-refractivity contribution in [2.24, 2.45) is 11.7 Å². The van der Waals surface area contributed by atoms with Crippen LogP contribution in [0.5, 0.6) is 0 Å². The molecule has 5 heteroatoms. The van der Waals surface area contributed by atoms with E-state index in [1.807, 2.05) is 0 Å². The Bertz CT molecular complexity index is 909. The molecule has 0 unspecified atom stereocenters. The fourth-order valence-electron chi connectivity index (χ4n) is 5.23. The molecule has 0 saturated heterocycles. The second-order valence-electron chi connectivity index (χ2n) is 8.64. The third kappa shape index (κ3) is 3.19. The number of benzene rings is 1. The number of nitrogens with zero attached hydrogens (tertiary/aromatic N) is 3. The maximum Gasteiger partial charge on any atom is 0.220 e. The molecule has 0 spiro atoms. The Morgan fingerprint density at radius 3 is 2.57 bits per heavy atom. The molecule has 2 fully saturated rings. The van der Waals surface area contributed by atoms with Gasteiger partial charge in [-0.05, 0) is 56.6 Å². The first-order valence-corrected chi connectivity index (χ1v) is 10.8. The molecule has 5 nitrogen and oxygen atoms in total. The SMILES string of the molecule is CCc1nn(C2CCCCC2)c2cc([C@]3(C#N)CC[C@@H](C(N)=O)CC3)ccc12. The first-order chi connectivity index (χ1) is 13.6. The van der Waals surface area contributed by atoms with Gasteiger partial charge in [0.25, 0.3) is 0 Å². The summed E-state index contributed by atoms with van der Waals surface area (Å²) in [7, 11) is 0. The Balaban J connectivity index is 1.74. The van der Waals surface area contributed by atoms with Crippen molar-refractivity contribution in [2.75, 3.05) is 0 Å². The quantitative estimate of drug-likeness (QED) is 0.847. The van der Waals surface area contributed by atoms with Gasteiger partial charge in [-0.15, -0.1) is 0 Å². The predicted molar refractivity (Wildman–Crippen MR) is 110 cm³/mol. The monoisotopic (exact) mass is 378 g/mol. The number of hydrogen-bond donors (Lipinski definition) is 1. The van der Waals surface area contributed by atoms with Crippen LogP contribution in [0.2, 0.25) is 0 Å². The molecule has 2 aliphatic rings. The van der Waals surface area contributed by atoms with E-state index < -0.39 is 5.41 Å². The van der Waals surface area contributed by atoms with Crippen molar-refractivity contribution in [3.63, 3.8) is 0 Å². The van der Waals surface area contributed by atoms with Crippen LogP contribution in [-0.2, 0) is 16.6 Å². The summed E-state index contributed by atoms with van der Waals surface area (Å²) < 4.78 is 2.25. The van der Waals surface area contributed by atoms with Crippen LogP contribution in [-0.4, -0.2) is 15.7 Å². The molecule has 1 aromatic carbocycles. The van der Waals surface area contributed by atoms with Crippen molar-refractivity contribution in [3.8, 4) is 6.07 Å². The number of nitrogens with two attached hydrogens (primary N) is 1. The molecule has 0 radical (unpaired) electrons. The molecular weight excluding hydrogens is 348 g/mol. The highest BCUT2D eigenvalue weighted by atomic mass is 16.1. The van der Waals surface area contributed by atoms with Crippen molar-refractivity contribution in [1.29, 1.82) is 5.26 Å². The number of carbonyl (C=O) groups is 1. The molecule has 0 atom stereocenters. The van der Waals surface area contributed by atoms with E-state index in [4.69, 9.17) is 10.8 Å². The Hall–Kier alpha value is -2.35. The number of fused-ring (bicyclic) bond motifs is 1. The average molecular weight is 379 g/mol. The van der Waals surface area contributed by atoms with E-state index in [-0.39, 0.29) is 11.8 Å². The number of amides is 1. The minimum Gasteiger partial charge on any atom is -0.369 e. The molecule has 1 heterocycles. The standard InChI is InChI=1S/C23H30N4O/c1-2-20-19-9-8-17(23(15-24)12-10-16(11-13-23)22(25)28)14-21(19)27(26-20)18-6-4-3-5-7-18/h8-9,14,16,18H,2-7,10-13H2,1H3,(H2,25,28)/t16-,23-. The Kier molecular flexibility index (Phi) is 5.14. The zero-order valence-corrected chi connectivity index (χ0v) is 16.8. The van der Waals surface area contributed by atoms with E-state index in [9.17, 15) is 10.1 Å². The van der Waals surface area contributed by atoms with Gasteiger partial charge in [-0.2, -0.15) is 10.4 Å². The molecule has 0 aliphatic heterocycles. The molecule has 2 aliphatic carbocycles. The largest absolute Gasteiger partial charge is 0.369 e. The fourth-order valence-corrected chi connectivity index (χ4v) is 5.23. The molecule has 2 N–H and O–H groups in total. The van der Waals surface area contributed by atoms with Crippen LogP contribution in [0, 0.1) is 17.2 Å². The maximum absolute atomic E-state index is 11.5. The van der Waals surface area contributed by atoms with Crippen molar-refractivity contribution in [1.82, 2.24) is 9.78 Å².